The molecule has 2 rings (SSSR count). The Kier molecular flexibility index (Phi) is 4.23. The maximum Gasteiger partial charge on any atom is 0.416 e. The lowest BCUT2D eigenvalue weighted by Crippen LogP contribution is -2.37. The lowest BCUT2D eigenvalue weighted by atomic mass is 10.3. The number of ether oxygens (including phenoxy) is 1. The number of benzene rings is 1. The summed E-state index contributed by atoms with van der Waals surface area (Å²) >= 11 is 1.87. The molecule has 1 fully saturated rings. The molecule has 1 heterocycles. The Morgan fingerprint density at radius 1 is 1.63 bits per heavy atom. The Morgan fingerprint density at radius 3 is 3.00 bits per heavy atom. The highest BCUT2D eigenvalue weighted by molar-refractivity contribution is 14.1. The summed E-state index contributed by atoms with van der Waals surface area (Å²) in [7, 11) is 0. The number of halogens is 2. The largest absolute Gasteiger partial charge is 0.423 e. The van der Waals surface area contributed by atoms with Gasteiger partial charge in [-0.1, -0.05) is 6.92 Å². The number of carbonyl (C=O) groups is 2. The van der Waals surface area contributed by atoms with Gasteiger partial charge < -0.3 is 10.1 Å². The van der Waals surface area contributed by atoms with Crippen LogP contribution in [0.25, 0.3) is 0 Å². The highest BCUT2D eigenvalue weighted by Gasteiger charge is 2.33. The van der Waals surface area contributed by atoms with Crippen LogP contribution in [0.4, 0.5) is 14.9 Å². The van der Waals surface area contributed by atoms with Gasteiger partial charge in [-0.3, -0.25) is 9.69 Å². The fourth-order valence-electron chi connectivity index (χ4n) is 1.68. The average molecular weight is 378 g/mol. The topological polar surface area (TPSA) is 58.6 Å². The van der Waals surface area contributed by atoms with Crippen molar-refractivity contribution in [3.63, 3.8) is 0 Å². The second-order valence-corrected chi connectivity index (χ2v) is 5.16. The van der Waals surface area contributed by atoms with Gasteiger partial charge >= 0.3 is 6.09 Å². The number of nitrogens with one attached hydrogen (secondary N) is 1. The zero-order chi connectivity index (χ0) is 14.0. The Morgan fingerprint density at radius 2 is 2.37 bits per heavy atom. The van der Waals surface area contributed by atoms with Gasteiger partial charge in [0.15, 0.2) is 6.23 Å². The van der Waals surface area contributed by atoms with E-state index in [1.54, 1.807) is 19.1 Å². The van der Waals surface area contributed by atoms with Crippen molar-refractivity contribution in [3.8, 4) is 0 Å². The summed E-state index contributed by atoms with van der Waals surface area (Å²) in [6.07, 6.45) is -0.976. The van der Waals surface area contributed by atoms with Crippen LogP contribution in [-0.2, 0) is 9.53 Å². The van der Waals surface area contributed by atoms with Crippen molar-refractivity contribution in [2.24, 2.45) is 0 Å². The van der Waals surface area contributed by atoms with Gasteiger partial charge in [-0.25, -0.2) is 9.18 Å². The molecule has 19 heavy (non-hydrogen) atoms. The van der Waals surface area contributed by atoms with E-state index in [1.807, 2.05) is 22.6 Å². The molecule has 1 atom stereocenters. The van der Waals surface area contributed by atoms with Crippen LogP contribution < -0.4 is 10.2 Å². The molecule has 0 spiro atoms. The van der Waals surface area contributed by atoms with E-state index in [2.05, 4.69) is 5.32 Å². The van der Waals surface area contributed by atoms with E-state index in [1.165, 1.54) is 11.0 Å². The van der Waals surface area contributed by atoms with Crippen molar-refractivity contribution in [3.05, 3.63) is 27.6 Å². The SMILES string of the molecule is CCC(=O)NC1CN(c2ccc(I)c(F)c2)C(=O)O1. The summed E-state index contributed by atoms with van der Waals surface area (Å²) in [6.45, 7) is 1.88. The van der Waals surface area contributed by atoms with Crippen LogP contribution in [0.1, 0.15) is 13.3 Å². The minimum absolute atomic E-state index is 0.171. The average Bonchev–Trinajstić information content (AvgIpc) is 2.73. The molecule has 0 bridgehead atoms. The minimum Gasteiger partial charge on any atom is -0.423 e. The Balaban J connectivity index is 2.11. The van der Waals surface area contributed by atoms with Crippen LogP contribution in [0.2, 0.25) is 0 Å². The number of rotatable bonds is 3. The predicted molar refractivity (Wildman–Crippen MR) is 75.2 cm³/mol. The van der Waals surface area contributed by atoms with Crippen LogP contribution in [0, 0.1) is 9.39 Å². The highest BCUT2D eigenvalue weighted by atomic mass is 127. The quantitative estimate of drug-likeness (QED) is 0.821. The molecule has 1 unspecified atom stereocenters. The molecule has 0 aliphatic carbocycles. The molecule has 1 saturated heterocycles. The van der Waals surface area contributed by atoms with Crippen molar-refractivity contribution >= 4 is 40.3 Å². The molecule has 2 amide bonds. The van der Waals surface area contributed by atoms with E-state index in [9.17, 15) is 14.0 Å². The first-order valence-electron chi connectivity index (χ1n) is 5.74. The number of carbonyl (C=O) groups excluding carboxylic acids is 2. The van der Waals surface area contributed by atoms with E-state index >= 15 is 0 Å². The molecule has 7 heteroatoms. The Bertz CT molecular complexity index is 524. The van der Waals surface area contributed by atoms with Gasteiger partial charge in [0.1, 0.15) is 5.82 Å². The fourth-order valence-corrected chi connectivity index (χ4v) is 2.02. The van der Waals surface area contributed by atoms with Crippen molar-refractivity contribution < 1.29 is 18.7 Å². The van der Waals surface area contributed by atoms with Crippen molar-refractivity contribution in [2.45, 2.75) is 19.6 Å². The number of amides is 2. The van der Waals surface area contributed by atoms with Gasteiger partial charge in [0.05, 0.1) is 12.2 Å². The first-order chi connectivity index (χ1) is 9.01. The maximum atomic E-state index is 13.5. The van der Waals surface area contributed by atoms with Crippen molar-refractivity contribution in [1.29, 1.82) is 0 Å². The smallest absolute Gasteiger partial charge is 0.416 e. The first kappa shape index (κ1) is 14.0. The standard InChI is InChI=1S/C12H12FIN2O3/c1-2-10(17)15-11-6-16(12(18)19-11)7-3-4-9(14)8(13)5-7/h3-5,11H,2,6H2,1H3,(H,15,17). The zero-order valence-electron chi connectivity index (χ0n) is 10.2. The first-order valence-corrected chi connectivity index (χ1v) is 6.81. The van der Waals surface area contributed by atoms with Gasteiger partial charge in [0, 0.05) is 9.99 Å². The molecule has 1 aromatic carbocycles. The molecular formula is C12H12FIN2O3. The van der Waals surface area contributed by atoms with E-state index in [0.717, 1.165) is 0 Å². The second-order valence-electron chi connectivity index (χ2n) is 4.00. The van der Waals surface area contributed by atoms with Gasteiger partial charge in [-0.05, 0) is 40.8 Å². The summed E-state index contributed by atoms with van der Waals surface area (Å²) in [5.74, 6) is -0.597. The molecule has 0 aromatic heterocycles. The van der Waals surface area contributed by atoms with Gasteiger partial charge in [0.2, 0.25) is 5.91 Å². The van der Waals surface area contributed by atoms with Crippen LogP contribution >= 0.6 is 22.6 Å². The molecule has 1 aromatic rings. The van der Waals surface area contributed by atoms with Gasteiger partial charge in [-0.15, -0.1) is 0 Å². The van der Waals surface area contributed by atoms with Crippen LogP contribution in [0.3, 0.4) is 0 Å². The monoisotopic (exact) mass is 378 g/mol. The van der Waals surface area contributed by atoms with Crippen molar-refractivity contribution in [2.75, 3.05) is 11.4 Å². The van der Waals surface area contributed by atoms with Gasteiger partial charge in [0.25, 0.3) is 0 Å². The third-order valence-corrected chi connectivity index (χ3v) is 3.54. The van der Waals surface area contributed by atoms with Crippen LogP contribution in [-0.4, -0.2) is 24.8 Å². The summed E-state index contributed by atoms with van der Waals surface area (Å²) in [4.78, 5) is 24.2. The third kappa shape index (κ3) is 3.14. The predicted octanol–water partition coefficient (Wildman–Crippen LogP) is 2.24. The van der Waals surface area contributed by atoms with Gasteiger partial charge in [-0.2, -0.15) is 0 Å². The van der Waals surface area contributed by atoms with Crippen LogP contribution in [0.15, 0.2) is 18.2 Å². The highest BCUT2D eigenvalue weighted by Crippen LogP contribution is 2.23. The molecular weight excluding hydrogens is 366 g/mol. The minimum atomic E-state index is -0.692. The van der Waals surface area contributed by atoms with E-state index in [4.69, 9.17) is 4.74 Å². The molecule has 1 aliphatic rings. The number of anilines is 1. The fraction of sp³-hybridized carbons (Fsp3) is 0.333. The summed E-state index contributed by atoms with van der Waals surface area (Å²) < 4.78 is 18.9. The number of nitrogens with zero attached hydrogens (tertiary/aromatic N) is 1. The molecule has 0 radical (unpaired) electrons. The maximum absolute atomic E-state index is 13.5. The second kappa shape index (κ2) is 5.72. The van der Waals surface area contributed by atoms with E-state index in [-0.39, 0.29) is 12.5 Å². The lowest BCUT2D eigenvalue weighted by molar-refractivity contribution is -0.123. The molecule has 5 nitrogen and oxygen atoms in total. The molecule has 1 aliphatic heterocycles. The summed E-state index contributed by atoms with van der Waals surface area (Å²) in [5, 5.41) is 2.57. The third-order valence-electron chi connectivity index (χ3n) is 2.67. The number of hydrogen-bond donors (Lipinski definition) is 1. The molecule has 0 saturated carbocycles. The summed E-state index contributed by atoms with van der Waals surface area (Å²) in [5.41, 5.74) is 0.413. The number of cyclic esters (lactones) is 1. The molecule has 1 N–H and O–H groups in total. The van der Waals surface area contributed by atoms with E-state index < -0.39 is 18.1 Å². The Hall–Kier alpha value is -1.38. The molecule has 102 valence electrons. The van der Waals surface area contributed by atoms with E-state index in [0.29, 0.717) is 15.7 Å². The summed E-state index contributed by atoms with van der Waals surface area (Å²) in [6, 6.07) is 4.49. The number of hydrogen-bond acceptors (Lipinski definition) is 3. The normalized spacial score (nSPS) is 18.4. The zero-order valence-corrected chi connectivity index (χ0v) is 12.3. The van der Waals surface area contributed by atoms with Crippen molar-refractivity contribution in [1.82, 2.24) is 5.32 Å². The van der Waals surface area contributed by atoms with Crippen LogP contribution in [0.5, 0.6) is 0 Å². The Labute approximate surface area is 123 Å². The lowest BCUT2D eigenvalue weighted by Gasteiger charge is -2.13.